The van der Waals surface area contributed by atoms with Crippen molar-refractivity contribution in [1.29, 1.82) is 0 Å². The molecule has 4 rings (SSSR count). The molecule has 230 valence electrons. The summed E-state index contributed by atoms with van der Waals surface area (Å²) in [6.45, 7) is 7.93. The molecule has 0 spiro atoms. The van der Waals surface area contributed by atoms with Crippen LogP contribution in [-0.2, 0) is 19.1 Å². The number of nitrogens with zero attached hydrogens (tertiary/aromatic N) is 2. The van der Waals surface area contributed by atoms with Gasteiger partial charge in [-0.05, 0) is 66.1 Å². The zero-order valence-corrected chi connectivity index (χ0v) is 26.6. The monoisotopic (exact) mass is 649 g/mol. The maximum Gasteiger partial charge on any atom is 0.408 e. The molecule has 1 saturated carbocycles. The van der Waals surface area contributed by atoms with Crippen LogP contribution < -0.4 is 19.5 Å². The molecule has 1 aliphatic carbocycles. The SMILES string of the molecule is CCOc1cc(O[C@@H]2C[C@@H](C(=O)OC)N(C(=O)[C@@H](NC(=O)OC3CCCC3)C(C)(C)C)C2)c2ccc(OC)c(Br)c2n1. The van der Waals surface area contributed by atoms with Crippen molar-refractivity contribution in [2.75, 3.05) is 27.4 Å². The van der Waals surface area contributed by atoms with Gasteiger partial charge in [0.05, 0.1) is 37.4 Å². The summed E-state index contributed by atoms with van der Waals surface area (Å²) in [5, 5.41) is 3.48. The summed E-state index contributed by atoms with van der Waals surface area (Å²) in [5.41, 5.74) is -0.0757. The highest BCUT2D eigenvalue weighted by molar-refractivity contribution is 9.10. The third-order valence-corrected chi connectivity index (χ3v) is 8.36. The molecule has 2 amide bonds. The van der Waals surface area contributed by atoms with Gasteiger partial charge in [-0.15, -0.1) is 0 Å². The number of ether oxygens (including phenoxy) is 5. The summed E-state index contributed by atoms with van der Waals surface area (Å²) >= 11 is 3.56. The topological polar surface area (TPSA) is 126 Å². The summed E-state index contributed by atoms with van der Waals surface area (Å²) < 4.78 is 28.9. The average molecular weight is 651 g/mol. The molecule has 0 radical (unpaired) electrons. The van der Waals surface area contributed by atoms with Crippen LogP contribution in [0.3, 0.4) is 0 Å². The Hall–Kier alpha value is -3.28. The van der Waals surface area contributed by atoms with E-state index in [-0.39, 0.29) is 19.1 Å². The van der Waals surface area contributed by atoms with Gasteiger partial charge in [0.1, 0.15) is 35.8 Å². The lowest BCUT2D eigenvalue weighted by atomic mass is 9.85. The Balaban J connectivity index is 1.60. The molecule has 2 heterocycles. The number of halogens is 1. The molecule has 2 fully saturated rings. The number of methoxy groups -OCH3 is 2. The van der Waals surface area contributed by atoms with E-state index < -0.39 is 41.6 Å². The largest absolute Gasteiger partial charge is 0.495 e. The average Bonchev–Trinajstić information content (AvgIpc) is 3.61. The molecular formula is C30H40BrN3O8. The minimum absolute atomic E-state index is 0.107. The predicted octanol–water partition coefficient (Wildman–Crippen LogP) is 5.01. The number of likely N-dealkylation sites (tertiary alicyclic amines) is 1. The molecule has 0 bridgehead atoms. The molecule has 3 atom stereocenters. The second kappa shape index (κ2) is 13.4. The van der Waals surface area contributed by atoms with Gasteiger partial charge in [-0.1, -0.05) is 20.8 Å². The van der Waals surface area contributed by atoms with Gasteiger partial charge >= 0.3 is 12.1 Å². The first kappa shape index (κ1) is 31.7. The first-order valence-electron chi connectivity index (χ1n) is 14.3. The summed E-state index contributed by atoms with van der Waals surface area (Å²) in [7, 11) is 2.86. The number of aromatic nitrogens is 1. The first-order valence-corrected chi connectivity index (χ1v) is 15.1. The smallest absolute Gasteiger partial charge is 0.408 e. The number of alkyl carbamates (subject to hydrolysis) is 1. The van der Waals surface area contributed by atoms with Crippen molar-refractivity contribution in [3.8, 4) is 17.4 Å². The number of carbonyl (C=O) groups is 3. The van der Waals surface area contributed by atoms with E-state index in [0.717, 1.165) is 25.7 Å². The van der Waals surface area contributed by atoms with Gasteiger partial charge in [0.2, 0.25) is 11.8 Å². The van der Waals surface area contributed by atoms with Gasteiger partial charge in [0.15, 0.2) is 0 Å². The van der Waals surface area contributed by atoms with Crippen molar-refractivity contribution in [3.05, 3.63) is 22.7 Å². The van der Waals surface area contributed by atoms with Crippen LogP contribution in [-0.4, -0.2) is 79.5 Å². The van der Waals surface area contributed by atoms with Gasteiger partial charge < -0.3 is 33.9 Å². The number of esters is 1. The molecule has 1 aliphatic heterocycles. The Labute approximate surface area is 254 Å². The standard InChI is InChI=1S/C30H40BrN3O8/c1-7-40-23-15-22(19-12-13-21(38-5)24(31)25(19)32-23)41-18-14-20(28(36)39-6)34(16-18)27(35)26(30(2,3)4)33-29(37)42-17-10-8-9-11-17/h12-13,15,17-18,20,26H,7-11,14,16H2,1-6H3,(H,33,37)/t18-,20+,26-/m1/s1. The van der Waals surface area contributed by atoms with Crippen molar-refractivity contribution in [3.63, 3.8) is 0 Å². The first-order chi connectivity index (χ1) is 20.0. The highest BCUT2D eigenvalue weighted by Crippen LogP contribution is 2.39. The second-order valence-corrected chi connectivity index (χ2v) is 12.4. The number of nitrogens with one attached hydrogen (secondary N) is 1. The van der Waals surface area contributed by atoms with Crippen LogP contribution >= 0.6 is 15.9 Å². The normalized spacial score (nSPS) is 19.8. The summed E-state index contributed by atoms with van der Waals surface area (Å²) in [6.07, 6.45) is 2.52. The van der Waals surface area contributed by atoms with E-state index in [0.29, 0.717) is 39.4 Å². The highest BCUT2D eigenvalue weighted by Gasteiger charge is 2.46. The number of hydrogen-bond donors (Lipinski definition) is 1. The lowest BCUT2D eigenvalue weighted by Crippen LogP contribution is -2.57. The molecule has 42 heavy (non-hydrogen) atoms. The van der Waals surface area contributed by atoms with Gasteiger partial charge in [0.25, 0.3) is 0 Å². The fraction of sp³-hybridized carbons (Fsp3) is 0.600. The molecule has 12 heteroatoms. The van der Waals surface area contributed by atoms with Crippen molar-refractivity contribution < 1.29 is 38.1 Å². The van der Waals surface area contributed by atoms with Crippen LogP contribution in [0.4, 0.5) is 4.79 Å². The van der Waals surface area contributed by atoms with Crippen LogP contribution in [0, 0.1) is 5.41 Å². The molecular weight excluding hydrogens is 610 g/mol. The van der Waals surface area contributed by atoms with Crippen LogP contribution in [0.1, 0.15) is 59.8 Å². The minimum atomic E-state index is -0.938. The quantitative estimate of drug-likeness (QED) is 0.373. The molecule has 2 aliphatic rings. The summed E-state index contributed by atoms with van der Waals surface area (Å²) in [5.74, 6) is 0.486. The Morgan fingerprint density at radius 2 is 1.83 bits per heavy atom. The van der Waals surface area contributed by atoms with E-state index in [4.69, 9.17) is 23.7 Å². The molecule has 1 saturated heterocycles. The van der Waals surface area contributed by atoms with Crippen LogP contribution in [0.15, 0.2) is 22.7 Å². The molecule has 11 nitrogen and oxygen atoms in total. The third-order valence-electron chi connectivity index (χ3n) is 7.60. The predicted molar refractivity (Wildman–Crippen MR) is 159 cm³/mol. The summed E-state index contributed by atoms with van der Waals surface area (Å²) in [4.78, 5) is 45.7. The summed E-state index contributed by atoms with van der Waals surface area (Å²) in [6, 6.07) is 3.50. The Morgan fingerprint density at radius 1 is 1.12 bits per heavy atom. The zero-order chi connectivity index (χ0) is 30.6. The minimum Gasteiger partial charge on any atom is -0.495 e. The molecule has 1 aromatic carbocycles. The number of carbonyl (C=O) groups excluding carboxylic acids is 3. The van der Waals surface area contributed by atoms with Crippen LogP contribution in [0.5, 0.6) is 17.4 Å². The Kier molecular flexibility index (Phi) is 10.1. The molecule has 1 N–H and O–H groups in total. The number of fused-ring (bicyclic) bond motifs is 1. The number of rotatable bonds is 9. The van der Waals surface area contributed by atoms with Crippen molar-refractivity contribution in [2.45, 2.75) is 84.1 Å². The maximum absolute atomic E-state index is 14.0. The van der Waals surface area contributed by atoms with E-state index in [1.807, 2.05) is 33.8 Å². The molecule has 2 aromatic rings. The third kappa shape index (κ3) is 7.02. The number of pyridine rings is 1. The van der Waals surface area contributed by atoms with E-state index >= 15 is 0 Å². The van der Waals surface area contributed by atoms with Gasteiger partial charge in [0, 0.05) is 17.9 Å². The Morgan fingerprint density at radius 3 is 2.45 bits per heavy atom. The molecule has 0 unspecified atom stereocenters. The fourth-order valence-electron chi connectivity index (χ4n) is 5.45. The number of benzene rings is 1. The molecule has 1 aromatic heterocycles. The van der Waals surface area contributed by atoms with E-state index in [2.05, 4.69) is 26.2 Å². The van der Waals surface area contributed by atoms with Gasteiger partial charge in [-0.25, -0.2) is 14.6 Å². The van der Waals surface area contributed by atoms with Crippen molar-refractivity contribution >= 4 is 44.8 Å². The van der Waals surface area contributed by atoms with Crippen LogP contribution in [0.2, 0.25) is 0 Å². The maximum atomic E-state index is 14.0. The van der Waals surface area contributed by atoms with Crippen molar-refractivity contribution in [2.24, 2.45) is 5.41 Å². The van der Waals surface area contributed by atoms with E-state index in [9.17, 15) is 14.4 Å². The lowest BCUT2D eigenvalue weighted by molar-refractivity contribution is -0.152. The highest BCUT2D eigenvalue weighted by atomic mass is 79.9. The lowest BCUT2D eigenvalue weighted by Gasteiger charge is -2.35. The second-order valence-electron chi connectivity index (χ2n) is 11.6. The van der Waals surface area contributed by atoms with Gasteiger partial charge in [-0.2, -0.15) is 0 Å². The number of hydrogen-bond acceptors (Lipinski definition) is 9. The van der Waals surface area contributed by atoms with Crippen LogP contribution in [0.25, 0.3) is 10.9 Å². The van der Waals surface area contributed by atoms with E-state index in [1.165, 1.54) is 12.0 Å². The van der Waals surface area contributed by atoms with E-state index in [1.54, 1.807) is 19.2 Å². The van der Waals surface area contributed by atoms with Crippen molar-refractivity contribution in [1.82, 2.24) is 15.2 Å². The Bertz CT molecular complexity index is 1310. The number of amides is 2. The fourth-order valence-corrected chi connectivity index (χ4v) is 6.05. The zero-order valence-electron chi connectivity index (χ0n) is 25.0. The van der Waals surface area contributed by atoms with Gasteiger partial charge in [-0.3, -0.25) is 4.79 Å².